The van der Waals surface area contributed by atoms with Gasteiger partial charge in [-0.2, -0.15) is 0 Å². The second-order valence-corrected chi connectivity index (χ2v) is 9.67. The van der Waals surface area contributed by atoms with E-state index < -0.39 is 0 Å². The maximum absolute atomic E-state index is 12.0. The second kappa shape index (κ2) is 16.2. The summed E-state index contributed by atoms with van der Waals surface area (Å²) in [5.74, 6) is 2.38. The highest BCUT2D eigenvalue weighted by atomic mass is 32.1. The van der Waals surface area contributed by atoms with Crippen LogP contribution in [0.2, 0.25) is 0 Å². The van der Waals surface area contributed by atoms with E-state index in [1.807, 2.05) is 37.7 Å². The molecule has 0 unspecified atom stereocenters. The summed E-state index contributed by atoms with van der Waals surface area (Å²) in [4.78, 5) is 15.4. The Labute approximate surface area is 218 Å². The molecule has 0 atom stereocenters. The predicted molar refractivity (Wildman–Crippen MR) is 146 cm³/mol. The van der Waals surface area contributed by atoms with Crippen LogP contribution in [-0.2, 0) is 17.8 Å². The molecule has 3 N–H and O–H groups in total. The number of ether oxygens (including phenoxy) is 3. The average Bonchev–Trinajstić information content (AvgIpc) is 3.27. The summed E-state index contributed by atoms with van der Waals surface area (Å²) in [6.07, 6.45) is 2.75. The monoisotopic (exact) mass is 522 g/mol. The van der Waals surface area contributed by atoms with Crippen molar-refractivity contribution in [2.75, 3.05) is 54.6 Å². The van der Waals surface area contributed by atoms with E-state index >= 15 is 0 Å². The standard InChI is InChI=1S/C25H38N4O4S2/c1-29(2)17-21-16-20(18-35-21)33-14-6-12-26-24(30)7-5-11-27-25(34)28-13-10-19-8-9-22(31-3)23(15-19)32-4/h8-9,15-16,18H,5-7,10-14,17H2,1-4H3,(H,26,30)(H2,27,28,34). The zero-order valence-corrected chi connectivity index (χ0v) is 22.8. The van der Waals surface area contributed by atoms with Crippen LogP contribution in [0.4, 0.5) is 0 Å². The number of carbonyl (C=O) groups is 1. The molecule has 2 rings (SSSR count). The zero-order chi connectivity index (χ0) is 25.5. The molecule has 0 saturated heterocycles. The van der Waals surface area contributed by atoms with Crippen molar-refractivity contribution in [3.63, 3.8) is 0 Å². The lowest BCUT2D eigenvalue weighted by Gasteiger charge is -2.12. The van der Waals surface area contributed by atoms with Gasteiger partial charge in [-0.05, 0) is 69.3 Å². The Kier molecular flexibility index (Phi) is 13.3. The van der Waals surface area contributed by atoms with Crippen molar-refractivity contribution in [2.45, 2.75) is 32.2 Å². The van der Waals surface area contributed by atoms with Gasteiger partial charge in [0.1, 0.15) is 5.75 Å². The molecule has 1 heterocycles. The lowest BCUT2D eigenvalue weighted by atomic mass is 10.1. The summed E-state index contributed by atoms with van der Waals surface area (Å²) < 4.78 is 16.3. The van der Waals surface area contributed by atoms with Crippen LogP contribution in [0, 0.1) is 0 Å². The van der Waals surface area contributed by atoms with Gasteiger partial charge >= 0.3 is 0 Å². The first-order valence-corrected chi connectivity index (χ1v) is 13.0. The molecule has 1 aromatic heterocycles. The van der Waals surface area contributed by atoms with Crippen LogP contribution >= 0.6 is 23.6 Å². The lowest BCUT2D eigenvalue weighted by molar-refractivity contribution is -0.121. The van der Waals surface area contributed by atoms with Crippen molar-refractivity contribution in [1.82, 2.24) is 20.9 Å². The number of thiophene rings is 1. The molecular formula is C25H38N4O4S2. The summed E-state index contributed by atoms with van der Waals surface area (Å²) >= 11 is 7.02. The minimum atomic E-state index is 0.0444. The molecule has 1 aromatic carbocycles. The van der Waals surface area contributed by atoms with Crippen LogP contribution in [-0.4, -0.2) is 70.5 Å². The Bertz CT molecular complexity index is 921. The smallest absolute Gasteiger partial charge is 0.220 e. The molecule has 0 aliphatic carbocycles. The first kappa shape index (κ1) is 28.7. The van der Waals surface area contributed by atoms with E-state index in [1.165, 1.54) is 4.88 Å². The zero-order valence-electron chi connectivity index (χ0n) is 21.1. The van der Waals surface area contributed by atoms with Crippen molar-refractivity contribution >= 4 is 34.6 Å². The van der Waals surface area contributed by atoms with Crippen molar-refractivity contribution in [1.29, 1.82) is 0 Å². The lowest BCUT2D eigenvalue weighted by Crippen LogP contribution is -2.37. The van der Waals surface area contributed by atoms with E-state index in [-0.39, 0.29) is 5.91 Å². The van der Waals surface area contributed by atoms with Crippen molar-refractivity contribution < 1.29 is 19.0 Å². The fraction of sp³-hybridized carbons (Fsp3) is 0.520. The molecule has 0 fully saturated rings. The number of nitrogens with one attached hydrogen (secondary N) is 3. The number of hydrogen-bond acceptors (Lipinski definition) is 7. The Morgan fingerprint density at radius 2 is 1.74 bits per heavy atom. The second-order valence-electron chi connectivity index (χ2n) is 8.26. The van der Waals surface area contributed by atoms with Crippen LogP contribution in [0.3, 0.4) is 0 Å². The maximum Gasteiger partial charge on any atom is 0.220 e. The minimum Gasteiger partial charge on any atom is -0.493 e. The van der Waals surface area contributed by atoms with Crippen molar-refractivity contribution in [3.8, 4) is 17.2 Å². The molecule has 1 amide bonds. The van der Waals surface area contributed by atoms with Crippen LogP contribution in [0.25, 0.3) is 0 Å². The van der Waals surface area contributed by atoms with Gasteiger partial charge in [0.2, 0.25) is 5.91 Å². The summed E-state index contributed by atoms with van der Waals surface area (Å²) in [7, 11) is 7.35. The molecule has 0 spiro atoms. The van der Waals surface area contributed by atoms with Crippen LogP contribution in [0.5, 0.6) is 17.2 Å². The van der Waals surface area contributed by atoms with Gasteiger partial charge in [-0.1, -0.05) is 6.07 Å². The SMILES string of the molecule is COc1ccc(CCNC(=S)NCCCC(=O)NCCCOc2csc(CN(C)C)c2)cc1OC. The number of nitrogens with zero attached hydrogens (tertiary/aromatic N) is 1. The topological polar surface area (TPSA) is 84.1 Å². The molecule has 0 radical (unpaired) electrons. The molecule has 10 heteroatoms. The van der Waals surface area contributed by atoms with Crippen molar-refractivity contribution in [2.24, 2.45) is 0 Å². The third-order valence-corrected chi connectivity index (χ3v) is 6.22. The van der Waals surface area contributed by atoms with Gasteiger partial charge in [-0.3, -0.25) is 4.79 Å². The summed E-state index contributed by atoms with van der Waals surface area (Å²) in [6.45, 7) is 3.46. The summed E-state index contributed by atoms with van der Waals surface area (Å²) in [6, 6.07) is 7.95. The minimum absolute atomic E-state index is 0.0444. The number of thiocarbonyl (C=S) groups is 1. The number of hydrogen-bond donors (Lipinski definition) is 3. The highest BCUT2D eigenvalue weighted by molar-refractivity contribution is 7.80. The molecule has 0 bridgehead atoms. The first-order chi connectivity index (χ1) is 16.9. The van der Waals surface area contributed by atoms with E-state index in [2.05, 4.69) is 26.9 Å². The van der Waals surface area contributed by atoms with Gasteiger partial charge in [0.25, 0.3) is 0 Å². The fourth-order valence-electron chi connectivity index (χ4n) is 3.28. The van der Waals surface area contributed by atoms with E-state index in [1.54, 1.807) is 25.6 Å². The van der Waals surface area contributed by atoms with E-state index in [9.17, 15) is 4.79 Å². The number of methoxy groups -OCH3 is 2. The third kappa shape index (κ3) is 11.6. The molecular weight excluding hydrogens is 484 g/mol. The van der Waals surface area contributed by atoms with Crippen LogP contribution < -0.4 is 30.2 Å². The fourth-order valence-corrected chi connectivity index (χ4v) is 4.40. The van der Waals surface area contributed by atoms with Crippen LogP contribution in [0.1, 0.15) is 29.7 Å². The van der Waals surface area contributed by atoms with Gasteiger partial charge in [0.05, 0.1) is 20.8 Å². The molecule has 8 nitrogen and oxygen atoms in total. The number of rotatable bonds is 16. The average molecular weight is 523 g/mol. The van der Waals surface area contributed by atoms with E-state index in [0.717, 1.165) is 30.7 Å². The van der Waals surface area contributed by atoms with E-state index in [0.29, 0.717) is 55.7 Å². The first-order valence-electron chi connectivity index (χ1n) is 11.8. The quantitative estimate of drug-likeness (QED) is 0.229. The van der Waals surface area contributed by atoms with E-state index in [4.69, 9.17) is 26.4 Å². The van der Waals surface area contributed by atoms with Gasteiger partial charge in [0.15, 0.2) is 16.6 Å². The Morgan fingerprint density at radius 3 is 2.49 bits per heavy atom. The Balaban J connectivity index is 1.47. The normalized spacial score (nSPS) is 10.7. The van der Waals surface area contributed by atoms with Gasteiger partial charge < -0.3 is 35.1 Å². The summed E-state index contributed by atoms with van der Waals surface area (Å²) in [5, 5.41) is 11.9. The highest BCUT2D eigenvalue weighted by Gasteiger charge is 2.06. The maximum atomic E-state index is 12.0. The number of carbonyl (C=O) groups excluding carboxylic acids is 1. The van der Waals surface area contributed by atoms with Crippen LogP contribution in [0.15, 0.2) is 29.6 Å². The third-order valence-electron chi connectivity index (χ3n) is 5.03. The number of benzene rings is 1. The van der Waals surface area contributed by atoms with Gasteiger partial charge in [-0.15, -0.1) is 11.3 Å². The molecule has 194 valence electrons. The molecule has 35 heavy (non-hydrogen) atoms. The van der Waals surface area contributed by atoms with Gasteiger partial charge in [0, 0.05) is 42.9 Å². The highest BCUT2D eigenvalue weighted by Crippen LogP contribution is 2.27. The largest absolute Gasteiger partial charge is 0.493 e. The Morgan fingerprint density at radius 1 is 1.00 bits per heavy atom. The number of amides is 1. The van der Waals surface area contributed by atoms with Crippen molar-refractivity contribution in [3.05, 3.63) is 40.1 Å². The van der Waals surface area contributed by atoms with Gasteiger partial charge in [-0.25, -0.2) is 0 Å². The molecule has 0 saturated carbocycles. The molecule has 0 aliphatic rings. The molecule has 0 aliphatic heterocycles. The summed E-state index contributed by atoms with van der Waals surface area (Å²) in [5.41, 5.74) is 1.13. The Hall–Kier alpha value is -2.56. The molecule has 2 aromatic rings. The predicted octanol–water partition coefficient (Wildman–Crippen LogP) is 3.20.